The Morgan fingerprint density at radius 1 is 0.917 bits per heavy atom. The topological polar surface area (TPSA) is 0 Å². The predicted octanol–water partition coefficient (Wildman–Crippen LogP) is 7.15. The van der Waals surface area contributed by atoms with Crippen LogP contribution in [-0.4, -0.2) is 0 Å². The van der Waals surface area contributed by atoms with Gasteiger partial charge in [0.05, 0.1) is 5.25 Å². The standard InChI is InChI=1S/C20H15Cl2FS/c21-16-7-8-17(20(24)13-4-2-1-3-5-13)18(11-16)14-6-9-19(22)15(10-14)12-23/h1-11,20,24H,12H2. The lowest BCUT2D eigenvalue weighted by Crippen LogP contribution is -1.97. The zero-order chi connectivity index (χ0) is 17.1. The molecule has 0 aliphatic carbocycles. The van der Waals surface area contributed by atoms with Crippen molar-refractivity contribution >= 4 is 35.8 Å². The number of benzene rings is 3. The highest BCUT2D eigenvalue weighted by Crippen LogP contribution is 2.38. The highest BCUT2D eigenvalue weighted by Gasteiger charge is 2.16. The fourth-order valence-electron chi connectivity index (χ4n) is 2.68. The van der Waals surface area contributed by atoms with E-state index in [4.69, 9.17) is 35.8 Å². The summed E-state index contributed by atoms with van der Waals surface area (Å²) < 4.78 is 13.2. The number of alkyl halides is 1. The van der Waals surface area contributed by atoms with Gasteiger partial charge in [-0.1, -0.05) is 65.7 Å². The van der Waals surface area contributed by atoms with Crippen LogP contribution in [-0.2, 0) is 6.67 Å². The summed E-state index contributed by atoms with van der Waals surface area (Å²) in [7, 11) is 0. The van der Waals surface area contributed by atoms with E-state index in [1.165, 1.54) is 0 Å². The van der Waals surface area contributed by atoms with E-state index in [-0.39, 0.29) is 5.25 Å². The molecule has 3 aromatic carbocycles. The average molecular weight is 377 g/mol. The molecule has 0 nitrogen and oxygen atoms in total. The van der Waals surface area contributed by atoms with Gasteiger partial charge in [-0.3, -0.25) is 0 Å². The lowest BCUT2D eigenvalue weighted by Gasteiger charge is -2.18. The fourth-order valence-corrected chi connectivity index (χ4v) is 3.41. The van der Waals surface area contributed by atoms with Gasteiger partial charge in [-0.25, -0.2) is 4.39 Å². The van der Waals surface area contributed by atoms with Crippen LogP contribution in [0.2, 0.25) is 10.0 Å². The third kappa shape index (κ3) is 3.61. The highest BCUT2D eigenvalue weighted by atomic mass is 35.5. The van der Waals surface area contributed by atoms with Gasteiger partial charge in [0.15, 0.2) is 0 Å². The van der Waals surface area contributed by atoms with Crippen LogP contribution in [0.3, 0.4) is 0 Å². The van der Waals surface area contributed by atoms with Crippen LogP contribution >= 0.6 is 35.8 Å². The number of halogens is 3. The van der Waals surface area contributed by atoms with Crippen molar-refractivity contribution in [2.24, 2.45) is 0 Å². The van der Waals surface area contributed by atoms with E-state index >= 15 is 0 Å². The van der Waals surface area contributed by atoms with Crippen molar-refractivity contribution in [1.82, 2.24) is 0 Å². The number of thiol groups is 1. The molecule has 3 rings (SSSR count). The Labute approximate surface area is 156 Å². The molecular formula is C20H15Cl2FS. The van der Waals surface area contributed by atoms with Crippen molar-refractivity contribution in [3.63, 3.8) is 0 Å². The zero-order valence-electron chi connectivity index (χ0n) is 12.7. The molecule has 24 heavy (non-hydrogen) atoms. The predicted molar refractivity (Wildman–Crippen MR) is 104 cm³/mol. The maximum absolute atomic E-state index is 13.2. The molecule has 0 saturated carbocycles. The molecule has 0 saturated heterocycles. The van der Waals surface area contributed by atoms with Gasteiger partial charge in [-0.2, -0.15) is 12.6 Å². The lowest BCUT2D eigenvalue weighted by molar-refractivity contribution is 0.485. The second-order valence-electron chi connectivity index (χ2n) is 5.48. The maximum atomic E-state index is 13.2. The fraction of sp³-hybridized carbons (Fsp3) is 0.100. The largest absolute Gasteiger partial charge is 0.246 e. The molecule has 0 N–H and O–H groups in total. The summed E-state index contributed by atoms with van der Waals surface area (Å²) >= 11 is 17.0. The minimum Gasteiger partial charge on any atom is -0.246 e. The Hall–Kier alpha value is -1.48. The van der Waals surface area contributed by atoms with Gasteiger partial charge in [-0.15, -0.1) is 0 Å². The van der Waals surface area contributed by atoms with E-state index in [0.29, 0.717) is 15.6 Å². The lowest BCUT2D eigenvalue weighted by atomic mass is 9.93. The molecule has 0 amide bonds. The molecule has 122 valence electrons. The van der Waals surface area contributed by atoms with Crippen molar-refractivity contribution in [3.05, 3.63) is 93.5 Å². The quantitative estimate of drug-likeness (QED) is 0.459. The number of rotatable bonds is 4. The molecule has 0 aliphatic heterocycles. The first kappa shape index (κ1) is 17.3. The van der Waals surface area contributed by atoms with Gasteiger partial charge in [0.2, 0.25) is 0 Å². The highest BCUT2D eigenvalue weighted by molar-refractivity contribution is 7.80. The second-order valence-corrected chi connectivity index (χ2v) is 6.84. The van der Waals surface area contributed by atoms with Gasteiger partial charge in [0, 0.05) is 15.6 Å². The summed E-state index contributed by atoms with van der Waals surface area (Å²) in [6.45, 7) is -0.606. The first-order chi connectivity index (χ1) is 11.6. The first-order valence-corrected chi connectivity index (χ1v) is 8.74. The summed E-state index contributed by atoms with van der Waals surface area (Å²) in [6.07, 6.45) is 0. The summed E-state index contributed by atoms with van der Waals surface area (Å²) in [5.74, 6) is 0. The van der Waals surface area contributed by atoms with E-state index in [1.54, 1.807) is 12.1 Å². The van der Waals surface area contributed by atoms with Crippen LogP contribution in [0.4, 0.5) is 4.39 Å². The van der Waals surface area contributed by atoms with E-state index in [2.05, 4.69) is 0 Å². The molecule has 0 spiro atoms. The van der Waals surface area contributed by atoms with E-state index in [9.17, 15) is 4.39 Å². The third-order valence-corrected chi connectivity index (χ3v) is 5.11. The maximum Gasteiger partial charge on any atom is 0.116 e. The van der Waals surface area contributed by atoms with Crippen molar-refractivity contribution < 1.29 is 4.39 Å². The normalized spacial score (nSPS) is 12.2. The Kier molecular flexibility index (Phi) is 5.50. The molecule has 0 heterocycles. The minimum absolute atomic E-state index is 0.108. The van der Waals surface area contributed by atoms with Crippen LogP contribution in [0, 0.1) is 0 Å². The Morgan fingerprint density at radius 2 is 1.67 bits per heavy atom. The summed E-state index contributed by atoms with van der Waals surface area (Å²) in [6, 6.07) is 21.1. The van der Waals surface area contributed by atoms with Gasteiger partial charge in [0.1, 0.15) is 6.67 Å². The summed E-state index contributed by atoms with van der Waals surface area (Å²) in [5.41, 5.74) is 4.37. The van der Waals surface area contributed by atoms with E-state index in [0.717, 1.165) is 22.3 Å². The van der Waals surface area contributed by atoms with Gasteiger partial charge >= 0.3 is 0 Å². The van der Waals surface area contributed by atoms with Crippen LogP contribution in [0.15, 0.2) is 66.7 Å². The Morgan fingerprint density at radius 3 is 2.38 bits per heavy atom. The molecule has 0 aliphatic rings. The Bertz CT molecular complexity index is 850. The number of hydrogen-bond donors (Lipinski definition) is 1. The van der Waals surface area contributed by atoms with Crippen molar-refractivity contribution in [3.8, 4) is 11.1 Å². The monoisotopic (exact) mass is 376 g/mol. The van der Waals surface area contributed by atoms with Gasteiger partial charge in [0.25, 0.3) is 0 Å². The summed E-state index contributed by atoms with van der Waals surface area (Å²) in [5, 5.41) is 0.942. The first-order valence-electron chi connectivity index (χ1n) is 7.47. The molecule has 0 fully saturated rings. The van der Waals surface area contributed by atoms with Crippen LogP contribution in [0.25, 0.3) is 11.1 Å². The van der Waals surface area contributed by atoms with Crippen LogP contribution in [0.5, 0.6) is 0 Å². The molecular weight excluding hydrogens is 362 g/mol. The average Bonchev–Trinajstić information content (AvgIpc) is 2.62. The Balaban J connectivity index is 2.13. The molecule has 0 aromatic heterocycles. The second kappa shape index (κ2) is 7.60. The van der Waals surface area contributed by atoms with Gasteiger partial charge < -0.3 is 0 Å². The summed E-state index contributed by atoms with van der Waals surface area (Å²) in [4.78, 5) is 0. The smallest absolute Gasteiger partial charge is 0.116 e. The number of hydrogen-bond acceptors (Lipinski definition) is 1. The van der Waals surface area contributed by atoms with Gasteiger partial charge in [-0.05, 0) is 46.5 Å². The van der Waals surface area contributed by atoms with Crippen molar-refractivity contribution in [1.29, 1.82) is 0 Å². The molecule has 0 bridgehead atoms. The van der Waals surface area contributed by atoms with Crippen molar-refractivity contribution in [2.45, 2.75) is 11.9 Å². The van der Waals surface area contributed by atoms with E-state index < -0.39 is 6.67 Å². The molecule has 4 heteroatoms. The molecule has 3 aromatic rings. The molecule has 0 radical (unpaired) electrons. The van der Waals surface area contributed by atoms with Crippen LogP contribution < -0.4 is 0 Å². The molecule has 1 unspecified atom stereocenters. The minimum atomic E-state index is -0.606. The SMILES string of the molecule is FCc1cc(-c2cc(Cl)ccc2C(S)c2ccccc2)ccc1Cl. The van der Waals surface area contributed by atoms with Crippen molar-refractivity contribution in [2.75, 3.05) is 0 Å². The zero-order valence-corrected chi connectivity index (χ0v) is 15.1. The van der Waals surface area contributed by atoms with E-state index in [1.807, 2.05) is 54.6 Å². The molecule has 1 atom stereocenters. The third-order valence-electron chi connectivity index (χ3n) is 3.93. The van der Waals surface area contributed by atoms with Crippen LogP contribution in [0.1, 0.15) is 21.9 Å².